The van der Waals surface area contributed by atoms with Crippen molar-refractivity contribution >= 4 is 35.1 Å². The number of methoxy groups -OCH3 is 1. The highest BCUT2D eigenvalue weighted by atomic mass is 32.2. The van der Waals surface area contributed by atoms with Crippen molar-refractivity contribution in [2.24, 2.45) is 4.99 Å². The van der Waals surface area contributed by atoms with Crippen LogP contribution in [-0.2, 0) is 9.53 Å². The molecule has 0 saturated carbocycles. The third-order valence-corrected chi connectivity index (χ3v) is 7.42. The number of hydrogen-bond donors (Lipinski definition) is 0. The first kappa shape index (κ1) is 25.7. The van der Waals surface area contributed by atoms with Crippen LogP contribution in [0.4, 0.5) is 0 Å². The second-order valence-corrected chi connectivity index (χ2v) is 10.6. The molecule has 1 aromatic carbocycles. The maximum atomic E-state index is 13.7. The molecule has 0 radical (unpaired) electrons. The Labute approximate surface area is 226 Å². The molecule has 9 nitrogen and oxygen atoms in total. The largest absolute Gasteiger partial charge is 0.497 e. The maximum absolute atomic E-state index is 13.7. The van der Waals surface area contributed by atoms with Gasteiger partial charge in [-0.25, -0.2) is 19.8 Å². The molecule has 4 heterocycles. The van der Waals surface area contributed by atoms with Gasteiger partial charge in [0, 0.05) is 18.5 Å². The Hall–Kier alpha value is -3.96. The van der Waals surface area contributed by atoms with Crippen molar-refractivity contribution in [1.82, 2.24) is 14.5 Å². The third-order valence-electron chi connectivity index (χ3n) is 5.63. The molecule has 0 saturated heterocycles. The Morgan fingerprint density at radius 1 is 1.16 bits per heavy atom. The first-order valence-electron chi connectivity index (χ1n) is 11.8. The molecule has 1 aliphatic rings. The average molecular weight is 549 g/mol. The molecule has 4 aromatic rings. The van der Waals surface area contributed by atoms with Gasteiger partial charge >= 0.3 is 5.97 Å². The summed E-state index contributed by atoms with van der Waals surface area (Å²) < 4.78 is 18.7. The summed E-state index contributed by atoms with van der Waals surface area (Å²) in [7, 11) is 1.58. The van der Waals surface area contributed by atoms with Gasteiger partial charge < -0.3 is 13.9 Å². The lowest BCUT2D eigenvalue weighted by molar-refractivity contribution is -0.143. The van der Waals surface area contributed by atoms with E-state index in [1.165, 1.54) is 23.1 Å². The smallest absolute Gasteiger partial charge is 0.338 e. The van der Waals surface area contributed by atoms with Gasteiger partial charge in [0.2, 0.25) is 0 Å². The van der Waals surface area contributed by atoms with Gasteiger partial charge in [0.15, 0.2) is 15.1 Å². The Bertz CT molecular complexity index is 1690. The lowest BCUT2D eigenvalue weighted by atomic mass is 9.96. The predicted octanol–water partition coefficient (Wildman–Crippen LogP) is 3.73. The lowest BCUT2D eigenvalue weighted by Gasteiger charge is -2.25. The number of esters is 1. The number of ether oxygens (including phenoxy) is 2. The van der Waals surface area contributed by atoms with E-state index in [-0.39, 0.29) is 11.7 Å². The number of aromatic nitrogens is 3. The van der Waals surface area contributed by atoms with E-state index in [1.807, 2.05) is 12.1 Å². The number of furan rings is 1. The number of carbonyl (C=O) groups is 1. The van der Waals surface area contributed by atoms with E-state index in [9.17, 15) is 9.59 Å². The highest BCUT2D eigenvalue weighted by Crippen LogP contribution is 2.32. The average Bonchev–Trinajstić information content (AvgIpc) is 3.46. The van der Waals surface area contributed by atoms with E-state index in [1.54, 1.807) is 81.2 Å². The van der Waals surface area contributed by atoms with Crippen LogP contribution in [0.15, 0.2) is 90.6 Å². The Kier molecular flexibility index (Phi) is 7.30. The fourth-order valence-corrected chi connectivity index (χ4v) is 5.69. The van der Waals surface area contributed by atoms with Crippen molar-refractivity contribution < 1.29 is 18.7 Å². The molecule has 0 fully saturated rings. The first-order chi connectivity index (χ1) is 18.3. The monoisotopic (exact) mass is 548 g/mol. The van der Waals surface area contributed by atoms with E-state index in [0.29, 0.717) is 42.4 Å². The van der Waals surface area contributed by atoms with Crippen molar-refractivity contribution in [2.45, 2.75) is 43.2 Å². The van der Waals surface area contributed by atoms with Crippen LogP contribution in [0.2, 0.25) is 0 Å². The van der Waals surface area contributed by atoms with Crippen molar-refractivity contribution in [3.05, 3.63) is 97.1 Å². The standard InChI is InChI=1S/C27H24N4O5S2/c1-15(2)35-25(33)22-16(3)30-27-31(23(22)17-6-8-18(34-4)9-7-17)24(32)20(37-27)14-19-10-11-21(36-19)38-26-28-12-5-13-29-26/h5-15,23H,1-4H3/b20-14+/t23-/m0/s1. The number of fused-ring (bicyclic) bond motifs is 1. The fourth-order valence-electron chi connectivity index (χ4n) is 3.99. The minimum atomic E-state index is -0.705. The van der Waals surface area contributed by atoms with Gasteiger partial charge in [0.1, 0.15) is 11.5 Å². The molecule has 0 unspecified atom stereocenters. The van der Waals surface area contributed by atoms with Gasteiger partial charge in [-0.15, -0.1) is 0 Å². The summed E-state index contributed by atoms with van der Waals surface area (Å²) in [6.45, 7) is 5.32. The van der Waals surface area contributed by atoms with Crippen LogP contribution in [-0.4, -0.2) is 33.7 Å². The van der Waals surface area contributed by atoms with E-state index >= 15 is 0 Å². The van der Waals surface area contributed by atoms with Crippen LogP contribution < -0.4 is 19.6 Å². The zero-order valence-corrected chi connectivity index (χ0v) is 22.7. The molecular weight excluding hydrogens is 524 g/mol. The molecule has 0 spiro atoms. The van der Waals surface area contributed by atoms with Crippen LogP contribution in [0.3, 0.4) is 0 Å². The van der Waals surface area contributed by atoms with Crippen molar-refractivity contribution in [3.63, 3.8) is 0 Å². The number of thiazole rings is 1. The van der Waals surface area contributed by atoms with E-state index in [2.05, 4.69) is 15.0 Å². The van der Waals surface area contributed by atoms with Gasteiger partial charge in [-0.05, 0) is 68.4 Å². The molecular formula is C27H24N4O5S2. The van der Waals surface area contributed by atoms with Gasteiger partial charge in [-0.1, -0.05) is 23.5 Å². The summed E-state index contributed by atoms with van der Waals surface area (Å²) in [6, 6.07) is 11.9. The van der Waals surface area contributed by atoms with E-state index in [0.717, 1.165) is 5.56 Å². The molecule has 1 aliphatic heterocycles. The van der Waals surface area contributed by atoms with Crippen molar-refractivity contribution in [3.8, 4) is 5.75 Å². The van der Waals surface area contributed by atoms with Gasteiger partial charge in [0.25, 0.3) is 5.56 Å². The highest BCUT2D eigenvalue weighted by Gasteiger charge is 2.33. The quantitative estimate of drug-likeness (QED) is 0.254. The maximum Gasteiger partial charge on any atom is 0.338 e. The minimum Gasteiger partial charge on any atom is -0.497 e. The number of allylic oxidation sites excluding steroid dienone is 1. The van der Waals surface area contributed by atoms with E-state index in [4.69, 9.17) is 13.9 Å². The van der Waals surface area contributed by atoms with Crippen LogP contribution in [0.25, 0.3) is 6.08 Å². The SMILES string of the molecule is COc1ccc([C@H]2C(C(=O)OC(C)C)=C(C)N=c3s/c(=C/c4ccc(Sc5ncccn5)o4)c(=O)n32)cc1. The minimum absolute atomic E-state index is 0.283. The van der Waals surface area contributed by atoms with Gasteiger partial charge in [0.05, 0.1) is 35.1 Å². The summed E-state index contributed by atoms with van der Waals surface area (Å²) in [5, 5.41) is 1.16. The number of benzene rings is 1. The Morgan fingerprint density at radius 2 is 1.89 bits per heavy atom. The van der Waals surface area contributed by atoms with Crippen LogP contribution in [0, 0.1) is 0 Å². The molecule has 1 atom stereocenters. The summed E-state index contributed by atoms with van der Waals surface area (Å²) in [6.07, 6.45) is 4.67. The normalized spacial score (nSPS) is 15.4. The summed E-state index contributed by atoms with van der Waals surface area (Å²) >= 11 is 2.52. The van der Waals surface area contributed by atoms with Crippen LogP contribution in [0.5, 0.6) is 5.75 Å². The van der Waals surface area contributed by atoms with Crippen molar-refractivity contribution in [2.75, 3.05) is 7.11 Å². The molecule has 11 heteroatoms. The van der Waals surface area contributed by atoms with Gasteiger partial charge in [-0.3, -0.25) is 9.36 Å². The number of rotatable bonds is 7. The van der Waals surface area contributed by atoms with Crippen LogP contribution >= 0.6 is 23.1 Å². The molecule has 5 rings (SSSR count). The highest BCUT2D eigenvalue weighted by molar-refractivity contribution is 7.99. The molecule has 3 aromatic heterocycles. The van der Waals surface area contributed by atoms with Crippen molar-refractivity contribution in [1.29, 1.82) is 0 Å². The summed E-state index contributed by atoms with van der Waals surface area (Å²) in [5.74, 6) is 0.664. The molecule has 0 N–H and O–H groups in total. The summed E-state index contributed by atoms with van der Waals surface area (Å²) in [4.78, 5) is 40.4. The lowest BCUT2D eigenvalue weighted by Crippen LogP contribution is -2.40. The zero-order valence-electron chi connectivity index (χ0n) is 21.1. The molecule has 194 valence electrons. The number of carbonyl (C=O) groups excluding carboxylic acids is 1. The van der Waals surface area contributed by atoms with Gasteiger partial charge in [-0.2, -0.15) is 0 Å². The first-order valence-corrected chi connectivity index (χ1v) is 13.4. The van der Waals surface area contributed by atoms with E-state index < -0.39 is 12.0 Å². The fraction of sp³-hybridized carbons (Fsp3) is 0.222. The molecule has 0 amide bonds. The molecule has 38 heavy (non-hydrogen) atoms. The summed E-state index contributed by atoms with van der Waals surface area (Å²) in [5.41, 5.74) is 1.28. The zero-order chi connectivity index (χ0) is 26.8. The third kappa shape index (κ3) is 5.20. The predicted molar refractivity (Wildman–Crippen MR) is 143 cm³/mol. The Morgan fingerprint density at radius 3 is 2.58 bits per heavy atom. The second kappa shape index (κ2) is 10.8. The van der Waals surface area contributed by atoms with Crippen LogP contribution in [0.1, 0.15) is 38.1 Å². The molecule has 0 bridgehead atoms. The number of hydrogen-bond acceptors (Lipinski definition) is 10. The topological polar surface area (TPSA) is 109 Å². The molecule has 0 aliphatic carbocycles. The number of nitrogens with zero attached hydrogens (tertiary/aromatic N) is 4. The second-order valence-electron chi connectivity index (χ2n) is 8.60. The Balaban J connectivity index is 1.58.